The maximum atomic E-state index is 13.0. The fourth-order valence-corrected chi connectivity index (χ4v) is 4.94. The smallest absolute Gasteiger partial charge is 0.243 e. The Morgan fingerprint density at radius 1 is 1.32 bits per heavy atom. The molecule has 0 radical (unpaired) electrons. The number of rotatable bonds is 4. The van der Waals surface area contributed by atoms with Crippen LogP contribution in [-0.4, -0.2) is 50.1 Å². The van der Waals surface area contributed by atoms with Gasteiger partial charge in [0.25, 0.3) is 0 Å². The van der Waals surface area contributed by atoms with Gasteiger partial charge in [-0.3, -0.25) is 0 Å². The molecule has 1 saturated heterocycles. The zero-order valence-electron chi connectivity index (χ0n) is 14.0. The summed E-state index contributed by atoms with van der Waals surface area (Å²) in [5.41, 5.74) is 0.878. The normalized spacial score (nSPS) is 20.4. The highest BCUT2D eigenvalue weighted by Crippen LogP contribution is 2.33. The summed E-state index contributed by atoms with van der Waals surface area (Å²) in [7, 11) is 0.197. The standard InChI is InChI=1S/C16H26N2O3S/c1-12-8-9-13(11-14(12)17(4)5)22(20,21)18-10-6-7-15(18)16(2,3)19/h8-9,11,15,19H,6-7,10H2,1-5H3. The molecule has 0 amide bonds. The van der Waals surface area contributed by atoms with Gasteiger partial charge < -0.3 is 10.0 Å². The van der Waals surface area contributed by atoms with E-state index in [0.29, 0.717) is 13.0 Å². The van der Waals surface area contributed by atoms with E-state index in [1.807, 2.05) is 32.0 Å². The van der Waals surface area contributed by atoms with Crippen molar-refractivity contribution in [3.8, 4) is 0 Å². The first-order valence-corrected chi connectivity index (χ1v) is 9.01. The van der Waals surface area contributed by atoms with Crippen molar-refractivity contribution >= 4 is 15.7 Å². The van der Waals surface area contributed by atoms with E-state index in [-0.39, 0.29) is 10.9 Å². The van der Waals surface area contributed by atoms with Crippen LogP contribution in [-0.2, 0) is 10.0 Å². The second-order valence-electron chi connectivity index (χ2n) is 6.77. The van der Waals surface area contributed by atoms with Crippen molar-refractivity contribution in [3.63, 3.8) is 0 Å². The third kappa shape index (κ3) is 3.14. The Hall–Kier alpha value is -1.11. The fraction of sp³-hybridized carbons (Fsp3) is 0.625. The lowest BCUT2D eigenvalue weighted by atomic mass is 9.98. The summed E-state index contributed by atoms with van der Waals surface area (Å²) in [6, 6.07) is 4.82. The van der Waals surface area contributed by atoms with E-state index in [4.69, 9.17) is 0 Å². The average molecular weight is 326 g/mol. The van der Waals surface area contributed by atoms with Crippen LogP contribution >= 0.6 is 0 Å². The van der Waals surface area contributed by atoms with Gasteiger partial charge in [-0.2, -0.15) is 4.31 Å². The molecule has 5 nitrogen and oxygen atoms in total. The summed E-state index contributed by atoms with van der Waals surface area (Å²) in [5, 5.41) is 10.3. The molecule has 1 heterocycles. The predicted molar refractivity (Wildman–Crippen MR) is 88.7 cm³/mol. The van der Waals surface area contributed by atoms with Gasteiger partial charge in [-0.15, -0.1) is 0 Å². The summed E-state index contributed by atoms with van der Waals surface area (Å²) >= 11 is 0. The van der Waals surface area contributed by atoms with Crippen molar-refractivity contribution in [2.24, 2.45) is 0 Å². The molecule has 2 rings (SSSR count). The van der Waals surface area contributed by atoms with Gasteiger partial charge in [-0.05, 0) is 51.3 Å². The van der Waals surface area contributed by atoms with Crippen LogP contribution in [0.1, 0.15) is 32.3 Å². The van der Waals surface area contributed by atoms with E-state index in [2.05, 4.69) is 0 Å². The molecule has 1 N–H and O–H groups in total. The van der Waals surface area contributed by atoms with Gasteiger partial charge in [0.05, 0.1) is 16.5 Å². The zero-order valence-corrected chi connectivity index (χ0v) is 14.8. The number of sulfonamides is 1. The zero-order chi connectivity index (χ0) is 16.7. The molecule has 0 saturated carbocycles. The monoisotopic (exact) mass is 326 g/mol. The van der Waals surface area contributed by atoms with E-state index in [9.17, 15) is 13.5 Å². The minimum atomic E-state index is -3.60. The van der Waals surface area contributed by atoms with E-state index in [1.54, 1.807) is 26.0 Å². The lowest BCUT2D eigenvalue weighted by Crippen LogP contribution is -2.48. The molecule has 0 spiro atoms. The van der Waals surface area contributed by atoms with Gasteiger partial charge in [0, 0.05) is 26.3 Å². The number of hydrogen-bond acceptors (Lipinski definition) is 4. The van der Waals surface area contributed by atoms with E-state index < -0.39 is 15.6 Å². The molecule has 0 aliphatic carbocycles. The van der Waals surface area contributed by atoms with E-state index in [1.165, 1.54) is 4.31 Å². The van der Waals surface area contributed by atoms with E-state index in [0.717, 1.165) is 17.7 Å². The maximum absolute atomic E-state index is 13.0. The van der Waals surface area contributed by atoms with Crippen molar-refractivity contribution in [3.05, 3.63) is 23.8 Å². The molecular formula is C16H26N2O3S. The number of nitrogens with zero attached hydrogens (tertiary/aromatic N) is 2. The molecule has 1 aromatic rings. The fourth-order valence-electron chi connectivity index (χ4n) is 3.10. The van der Waals surface area contributed by atoms with Crippen molar-refractivity contribution in [1.29, 1.82) is 0 Å². The second-order valence-corrected chi connectivity index (χ2v) is 8.66. The van der Waals surface area contributed by atoms with Gasteiger partial charge in [0.15, 0.2) is 0 Å². The topological polar surface area (TPSA) is 60.9 Å². The predicted octanol–water partition coefficient (Wildman–Crippen LogP) is 1.99. The first-order chi connectivity index (χ1) is 10.0. The van der Waals surface area contributed by atoms with Gasteiger partial charge in [-0.1, -0.05) is 6.07 Å². The molecule has 0 aromatic heterocycles. The van der Waals surface area contributed by atoms with Crippen LogP contribution in [0.4, 0.5) is 5.69 Å². The largest absolute Gasteiger partial charge is 0.389 e. The van der Waals surface area contributed by atoms with Crippen LogP contribution in [0.3, 0.4) is 0 Å². The first-order valence-electron chi connectivity index (χ1n) is 7.57. The molecular weight excluding hydrogens is 300 g/mol. The Kier molecular flexibility index (Phi) is 4.57. The van der Waals surface area contributed by atoms with Crippen LogP contribution in [0.25, 0.3) is 0 Å². The maximum Gasteiger partial charge on any atom is 0.243 e. The first kappa shape index (κ1) is 17.2. The number of aliphatic hydroxyl groups is 1. The number of hydrogen-bond donors (Lipinski definition) is 1. The van der Waals surface area contributed by atoms with Crippen LogP contribution in [0.2, 0.25) is 0 Å². The molecule has 1 aromatic carbocycles. The second kappa shape index (κ2) is 5.83. The molecule has 22 heavy (non-hydrogen) atoms. The minimum absolute atomic E-state index is 0.290. The van der Waals surface area contributed by atoms with Crippen LogP contribution in [0.15, 0.2) is 23.1 Å². The molecule has 1 aliphatic rings. The third-order valence-corrected chi connectivity index (χ3v) is 6.19. The molecule has 6 heteroatoms. The molecule has 1 unspecified atom stereocenters. The minimum Gasteiger partial charge on any atom is -0.389 e. The SMILES string of the molecule is Cc1ccc(S(=O)(=O)N2CCCC2C(C)(C)O)cc1N(C)C. The van der Waals surface area contributed by atoms with Crippen molar-refractivity contribution in [2.75, 3.05) is 25.5 Å². The van der Waals surface area contributed by atoms with Crippen LogP contribution in [0, 0.1) is 6.92 Å². The molecule has 124 valence electrons. The highest BCUT2D eigenvalue weighted by atomic mass is 32.2. The summed E-state index contributed by atoms with van der Waals surface area (Å²) in [5.74, 6) is 0. The summed E-state index contributed by atoms with van der Waals surface area (Å²) in [6.45, 7) is 5.77. The molecule has 1 fully saturated rings. The quantitative estimate of drug-likeness (QED) is 0.919. The van der Waals surface area contributed by atoms with Gasteiger partial charge in [0.2, 0.25) is 10.0 Å². The number of anilines is 1. The van der Waals surface area contributed by atoms with E-state index >= 15 is 0 Å². The van der Waals surface area contributed by atoms with Gasteiger partial charge >= 0.3 is 0 Å². The summed E-state index contributed by atoms with van der Waals surface area (Å²) in [6.07, 6.45) is 1.47. The Bertz CT molecular complexity index is 648. The Labute approximate surface area is 133 Å². The Morgan fingerprint density at radius 3 is 2.50 bits per heavy atom. The lowest BCUT2D eigenvalue weighted by Gasteiger charge is -2.33. The summed E-state index contributed by atoms with van der Waals surface area (Å²) in [4.78, 5) is 2.20. The highest BCUT2D eigenvalue weighted by molar-refractivity contribution is 7.89. The van der Waals surface area contributed by atoms with Crippen molar-refractivity contribution < 1.29 is 13.5 Å². The van der Waals surface area contributed by atoms with Crippen LogP contribution < -0.4 is 4.90 Å². The average Bonchev–Trinajstić information content (AvgIpc) is 2.88. The van der Waals surface area contributed by atoms with Gasteiger partial charge in [-0.25, -0.2) is 8.42 Å². The number of aryl methyl sites for hydroxylation is 1. The number of benzene rings is 1. The van der Waals surface area contributed by atoms with Crippen molar-refractivity contribution in [1.82, 2.24) is 4.31 Å². The molecule has 1 atom stereocenters. The highest BCUT2D eigenvalue weighted by Gasteiger charge is 2.42. The molecule has 1 aliphatic heterocycles. The van der Waals surface area contributed by atoms with Gasteiger partial charge in [0.1, 0.15) is 0 Å². The Balaban J connectivity index is 2.45. The Morgan fingerprint density at radius 2 is 1.95 bits per heavy atom. The van der Waals surface area contributed by atoms with Crippen LogP contribution in [0.5, 0.6) is 0 Å². The molecule has 0 bridgehead atoms. The summed E-state index contributed by atoms with van der Waals surface area (Å²) < 4.78 is 27.4. The third-order valence-electron chi connectivity index (χ3n) is 4.29. The van der Waals surface area contributed by atoms with Crippen molar-refractivity contribution in [2.45, 2.75) is 50.2 Å². The lowest BCUT2D eigenvalue weighted by molar-refractivity contribution is 0.0215.